The van der Waals surface area contributed by atoms with Crippen LogP contribution >= 0.6 is 11.6 Å². The fourth-order valence-corrected chi connectivity index (χ4v) is 2.79. The molecule has 0 saturated carbocycles. The summed E-state index contributed by atoms with van der Waals surface area (Å²) in [5, 5.41) is 11.5. The van der Waals surface area contributed by atoms with Gasteiger partial charge >= 0.3 is 5.97 Å². The van der Waals surface area contributed by atoms with Gasteiger partial charge in [0.1, 0.15) is 11.8 Å². The Morgan fingerprint density at radius 2 is 2.00 bits per heavy atom. The van der Waals surface area contributed by atoms with Crippen LogP contribution in [-0.4, -0.2) is 29.3 Å². The maximum absolute atomic E-state index is 12.1. The summed E-state index contributed by atoms with van der Waals surface area (Å²) in [5.74, 6) is -1.45. The number of nitrogens with one attached hydrogen (secondary N) is 2. The van der Waals surface area contributed by atoms with Crippen molar-refractivity contribution in [3.05, 3.63) is 51.3 Å². The zero-order valence-electron chi connectivity index (χ0n) is 14.4. The van der Waals surface area contributed by atoms with Crippen molar-refractivity contribution in [1.82, 2.24) is 4.98 Å². The topological polar surface area (TPSA) is 112 Å². The first kappa shape index (κ1) is 19.2. The highest BCUT2D eigenvalue weighted by molar-refractivity contribution is 6.32. The van der Waals surface area contributed by atoms with Crippen LogP contribution in [0.25, 0.3) is 0 Å². The summed E-state index contributed by atoms with van der Waals surface area (Å²) in [6.45, 7) is 4.22. The number of ether oxygens (including phenoxy) is 1. The molecule has 0 aliphatic rings. The maximum atomic E-state index is 12.1. The number of esters is 1. The summed E-state index contributed by atoms with van der Waals surface area (Å²) in [4.78, 5) is 38.5. The van der Waals surface area contributed by atoms with Crippen molar-refractivity contribution in [3.8, 4) is 6.07 Å². The third-order valence-corrected chi connectivity index (χ3v) is 4.01. The predicted molar refractivity (Wildman–Crippen MR) is 95.4 cm³/mol. The number of aromatic nitrogens is 1. The number of carbonyl (C=O) groups excluding carboxylic acids is 3. The summed E-state index contributed by atoms with van der Waals surface area (Å²) in [6, 6.07) is 6.33. The van der Waals surface area contributed by atoms with Crippen LogP contribution in [0.4, 0.5) is 5.69 Å². The molecule has 0 atom stereocenters. The lowest BCUT2D eigenvalue weighted by molar-refractivity contribution is -0.119. The molecular weight excluding hydrogens is 358 g/mol. The molecule has 1 aromatic carbocycles. The van der Waals surface area contributed by atoms with E-state index in [2.05, 4.69) is 10.3 Å². The van der Waals surface area contributed by atoms with Gasteiger partial charge in [0.15, 0.2) is 12.4 Å². The highest BCUT2D eigenvalue weighted by Gasteiger charge is 2.21. The number of nitrogens with zero attached hydrogens (tertiary/aromatic N) is 1. The lowest BCUT2D eigenvalue weighted by Crippen LogP contribution is -2.21. The molecule has 2 aromatic rings. The van der Waals surface area contributed by atoms with Crippen LogP contribution in [0.5, 0.6) is 0 Å². The molecule has 1 heterocycles. The number of rotatable bonds is 5. The molecule has 0 bridgehead atoms. The van der Waals surface area contributed by atoms with E-state index in [1.165, 1.54) is 25.1 Å². The smallest absolute Gasteiger partial charge is 0.355 e. The lowest BCUT2D eigenvalue weighted by Gasteiger charge is -2.07. The van der Waals surface area contributed by atoms with Gasteiger partial charge in [-0.15, -0.1) is 0 Å². The molecular formula is C18H16ClN3O4. The van der Waals surface area contributed by atoms with Gasteiger partial charge in [-0.1, -0.05) is 11.6 Å². The number of aromatic amines is 1. The Labute approximate surface area is 154 Å². The van der Waals surface area contributed by atoms with Crippen molar-refractivity contribution in [2.45, 2.75) is 20.8 Å². The second-order valence-electron chi connectivity index (χ2n) is 5.61. The molecule has 1 amide bonds. The zero-order chi connectivity index (χ0) is 19.4. The van der Waals surface area contributed by atoms with Crippen LogP contribution in [0.2, 0.25) is 5.02 Å². The number of ketones is 1. The number of amides is 1. The Bertz CT molecular complexity index is 941. The van der Waals surface area contributed by atoms with E-state index in [4.69, 9.17) is 21.6 Å². The minimum Gasteiger partial charge on any atom is -0.451 e. The average molecular weight is 374 g/mol. The summed E-state index contributed by atoms with van der Waals surface area (Å²) < 4.78 is 4.99. The van der Waals surface area contributed by atoms with Crippen LogP contribution in [0, 0.1) is 25.2 Å². The van der Waals surface area contributed by atoms with Crippen molar-refractivity contribution in [2.75, 3.05) is 11.9 Å². The van der Waals surface area contributed by atoms with Crippen LogP contribution in [0.3, 0.4) is 0 Å². The van der Waals surface area contributed by atoms with E-state index in [9.17, 15) is 14.4 Å². The number of halogens is 1. The van der Waals surface area contributed by atoms with Gasteiger partial charge in [-0.2, -0.15) is 5.26 Å². The van der Waals surface area contributed by atoms with Crippen LogP contribution in [-0.2, 0) is 9.53 Å². The van der Waals surface area contributed by atoms with E-state index in [-0.39, 0.29) is 22.1 Å². The SMILES string of the molecule is CC(=O)c1c(C)[nH]c(C(=O)OCC(=O)Nc2ccc(C#N)c(Cl)c2)c1C. The summed E-state index contributed by atoms with van der Waals surface area (Å²) >= 11 is 5.89. The van der Waals surface area contributed by atoms with Gasteiger partial charge in [-0.05, 0) is 44.5 Å². The second-order valence-corrected chi connectivity index (χ2v) is 6.02. The number of H-pyrrole nitrogens is 1. The number of hydrogen-bond acceptors (Lipinski definition) is 5. The van der Waals surface area contributed by atoms with E-state index in [0.29, 0.717) is 22.5 Å². The molecule has 8 heteroatoms. The largest absolute Gasteiger partial charge is 0.451 e. The number of anilines is 1. The van der Waals surface area contributed by atoms with E-state index in [1.807, 2.05) is 6.07 Å². The highest BCUT2D eigenvalue weighted by Crippen LogP contribution is 2.21. The Balaban J connectivity index is 2.00. The molecule has 134 valence electrons. The second kappa shape index (κ2) is 7.85. The molecule has 0 saturated heterocycles. The standard InChI is InChI=1S/C18H16ClN3O4/c1-9-16(11(3)23)10(2)21-17(9)18(25)26-8-15(24)22-13-5-4-12(7-20)14(19)6-13/h4-6,21H,8H2,1-3H3,(H,22,24). The molecule has 1 aromatic heterocycles. The van der Waals surface area contributed by atoms with Gasteiger partial charge < -0.3 is 15.0 Å². The molecule has 0 aliphatic carbocycles. The zero-order valence-corrected chi connectivity index (χ0v) is 15.2. The van der Waals surface area contributed by atoms with Crippen molar-refractivity contribution >= 4 is 34.9 Å². The Kier molecular flexibility index (Phi) is 5.80. The third kappa shape index (κ3) is 4.10. The molecule has 0 radical (unpaired) electrons. The van der Waals surface area contributed by atoms with Gasteiger partial charge in [0.25, 0.3) is 5.91 Å². The number of carbonyl (C=O) groups is 3. The number of Topliss-reactive ketones (excluding diaryl/α,β-unsaturated/α-hetero) is 1. The molecule has 0 spiro atoms. The van der Waals surface area contributed by atoms with Gasteiger partial charge in [0.05, 0.1) is 10.6 Å². The van der Waals surface area contributed by atoms with E-state index in [1.54, 1.807) is 13.8 Å². The Morgan fingerprint density at radius 3 is 2.54 bits per heavy atom. The van der Waals surface area contributed by atoms with Crippen LogP contribution in [0.1, 0.15) is 44.6 Å². The molecule has 0 fully saturated rings. The average Bonchev–Trinajstić information content (AvgIpc) is 2.87. The van der Waals surface area contributed by atoms with E-state index < -0.39 is 18.5 Å². The summed E-state index contributed by atoms with van der Waals surface area (Å²) in [7, 11) is 0. The van der Waals surface area contributed by atoms with Crippen molar-refractivity contribution in [1.29, 1.82) is 5.26 Å². The normalized spacial score (nSPS) is 10.1. The molecule has 2 N–H and O–H groups in total. The molecule has 7 nitrogen and oxygen atoms in total. The van der Waals surface area contributed by atoms with Crippen molar-refractivity contribution in [2.24, 2.45) is 0 Å². The number of nitriles is 1. The molecule has 2 rings (SSSR count). The monoisotopic (exact) mass is 373 g/mol. The van der Waals surface area contributed by atoms with Crippen molar-refractivity contribution in [3.63, 3.8) is 0 Å². The van der Waals surface area contributed by atoms with Crippen molar-refractivity contribution < 1.29 is 19.1 Å². The minimum absolute atomic E-state index is 0.141. The van der Waals surface area contributed by atoms with Gasteiger partial charge in [0.2, 0.25) is 0 Å². The third-order valence-electron chi connectivity index (χ3n) is 3.70. The first-order valence-corrected chi connectivity index (χ1v) is 7.99. The fraction of sp³-hybridized carbons (Fsp3) is 0.222. The maximum Gasteiger partial charge on any atom is 0.355 e. The Morgan fingerprint density at radius 1 is 1.31 bits per heavy atom. The summed E-state index contributed by atoms with van der Waals surface area (Å²) in [5.41, 5.74) is 2.30. The van der Waals surface area contributed by atoms with Crippen LogP contribution < -0.4 is 5.32 Å². The quantitative estimate of drug-likeness (QED) is 0.617. The molecule has 26 heavy (non-hydrogen) atoms. The van der Waals surface area contributed by atoms with E-state index >= 15 is 0 Å². The van der Waals surface area contributed by atoms with Gasteiger partial charge in [-0.25, -0.2) is 4.79 Å². The minimum atomic E-state index is -0.730. The van der Waals surface area contributed by atoms with E-state index in [0.717, 1.165) is 0 Å². The first-order valence-electron chi connectivity index (χ1n) is 7.61. The van der Waals surface area contributed by atoms with Gasteiger partial charge in [-0.3, -0.25) is 9.59 Å². The van der Waals surface area contributed by atoms with Gasteiger partial charge in [0, 0.05) is 16.9 Å². The Hall–Kier alpha value is -3.11. The fourth-order valence-electron chi connectivity index (χ4n) is 2.57. The lowest BCUT2D eigenvalue weighted by atomic mass is 10.1. The predicted octanol–water partition coefficient (Wildman–Crippen LogP) is 3.15. The molecule has 0 aliphatic heterocycles. The van der Waals surface area contributed by atoms with Crippen LogP contribution in [0.15, 0.2) is 18.2 Å². The highest BCUT2D eigenvalue weighted by atomic mass is 35.5. The molecule has 0 unspecified atom stereocenters. The first-order chi connectivity index (χ1) is 12.2. The number of hydrogen-bond donors (Lipinski definition) is 2. The number of aryl methyl sites for hydroxylation is 1. The number of benzene rings is 1. The summed E-state index contributed by atoms with van der Waals surface area (Å²) in [6.07, 6.45) is 0.